The highest BCUT2D eigenvalue weighted by atomic mass is 32.2. The Bertz CT molecular complexity index is 852. The molecule has 0 spiro atoms. The van der Waals surface area contributed by atoms with E-state index in [0.717, 1.165) is 40.7 Å². The van der Waals surface area contributed by atoms with Crippen LogP contribution in [0.1, 0.15) is 17.0 Å². The first-order valence-corrected chi connectivity index (χ1v) is 10.8. The van der Waals surface area contributed by atoms with Crippen LogP contribution in [0, 0.1) is 0 Å². The average molecular weight is 384 g/mol. The third-order valence-electron chi connectivity index (χ3n) is 4.36. The van der Waals surface area contributed by atoms with Gasteiger partial charge >= 0.3 is 0 Å². The summed E-state index contributed by atoms with van der Waals surface area (Å²) in [7, 11) is 0. The van der Waals surface area contributed by atoms with Crippen LogP contribution in [-0.4, -0.2) is 35.0 Å². The van der Waals surface area contributed by atoms with E-state index in [1.54, 1.807) is 11.3 Å². The molecule has 0 saturated carbocycles. The van der Waals surface area contributed by atoms with Gasteiger partial charge in [0.2, 0.25) is 5.91 Å². The topological polar surface area (TPSA) is 54.0 Å². The van der Waals surface area contributed by atoms with Crippen LogP contribution in [0.2, 0.25) is 0 Å². The van der Waals surface area contributed by atoms with E-state index in [2.05, 4.69) is 33.8 Å². The predicted molar refractivity (Wildman–Crippen MR) is 111 cm³/mol. The monoisotopic (exact) mass is 383 g/mol. The van der Waals surface area contributed by atoms with Gasteiger partial charge in [-0.2, -0.15) is 11.8 Å². The summed E-state index contributed by atoms with van der Waals surface area (Å²) in [5.74, 6) is 2.21. The summed E-state index contributed by atoms with van der Waals surface area (Å²) in [5.41, 5.74) is 3.12. The van der Waals surface area contributed by atoms with E-state index >= 15 is 0 Å². The van der Waals surface area contributed by atoms with Crippen molar-refractivity contribution in [2.24, 2.45) is 0 Å². The molecular weight excluding hydrogens is 362 g/mol. The minimum atomic E-state index is 0.0731. The number of thioether (sulfide) groups is 1. The number of hydrogen-bond donors (Lipinski definition) is 2. The van der Waals surface area contributed by atoms with E-state index < -0.39 is 0 Å². The summed E-state index contributed by atoms with van der Waals surface area (Å²) in [6.07, 6.45) is 1.34. The lowest BCUT2D eigenvalue weighted by Crippen LogP contribution is -2.39. The fourth-order valence-electron chi connectivity index (χ4n) is 3.06. The smallest absolute Gasteiger partial charge is 0.225 e. The fourth-order valence-corrected chi connectivity index (χ4v) is 5.01. The van der Waals surface area contributed by atoms with E-state index in [0.29, 0.717) is 6.42 Å². The molecule has 1 saturated heterocycles. The lowest BCUT2D eigenvalue weighted by atomic mass is 10.1. The molecule has 4 rings (SSSR count). The third-order valence-corrected chi connectivity index (χ3v) is 6.53. The second-order valence-electron chi connectivity index (χ2n) is 6.43. The summed E-state index contributed by atoms with van der Waals surface area (Å²) in [4.78, 5) is 16.9. The number of nitrogens with one attached hydrogen (secondary N) is 2. The maximum Gasteiger partial charge on any atom is 0.225 e. The second-order valence-corrected chi connectivity index (χ2v) is 8.69. The fraction of sp³-hybridized carbons (Fsp3) is 0.300. The van der Waals surface area contributed by atoms with E-state index in [1.807, 2.05) is 42.1 Å². The van der Waals surface area contributed by atoms with Crippen molar-refractivity contribution in [3.05, 3.63) is 59.1 Å². The molecule has 0 radical (unpaired) electrons. The molecule has 1 atom stereocenters. The molecule has 3 aromatic rings. The molecule has 2 aromatic carbocycles. The number of anilines is 1. The lowest BCUT2D eigenvalue weighted by molar-refractivity contribution is -0.116. The zero-order chi connectivity index (χ0) is 17.8. The number of aromatic nitrogens is 1. The van der Waals surface area contributed by atoms with Crippen LogP contribution >= 0.6 is 23.1 Å². The number of rotatable bonds is 5. The number of carbonyl (C=O) groups is 1. The van der Waals surface area contributed by atoms with Gasteiger partial charge in [0.05, 0.1) is 15.2 Å². The van der Waals surface area contributed by atoms with Crippen LogP contribution in [0.5, 0.6) is 0 Å². The molecule has 26 heavy (non-hydrogen) atoms. The molecule has 0 aliphatic carbocycles. The summed E-state index contributed by atoms with van der Waals surface area (Å²) in [6.45, 7) is 0.989. The van der Waals surface area contributed by atoms with Gasteiger partial charge in [-0.3, -0.25) is 4.79 Å². The summed E-state index contributed by atoms with van der Waals surface area (Å²) >= 11 is 3.64. The maximum absolute atomic E-state index is 12.2. The number of hydrogen-bond acceptors (Lipinski definition) is 5. The highest BCUT2D eigenvalue weighted by Gasteiger charge is 2.16. The maximum atomic E-state index is 12.2. The molecule has 1 aliphatic heterocycles. The Morgan fingerprint density at radius 2 is 2.04 bits per heavy atom. The first kappa shape index (κ1) is 17.5. The minimum Gasteiger partial charge on any atom is -0.326 e. The van der Waals surface area contributed by atoms with Crippen LogP contribution in [-0.2, 0) is 11.2 Å². The second kappa shape index (κ2) is 8.20. The molecule has 4 nitrogen and oxygen atoms in total. The van der Waals surface area contributed by atoms with Crippen molar-refractivity contribution in [2.75, 3.05) is 23.4 Å². The molecule has 1 aliphatic rings. The first-order chi connectivity index (χ1) is 12.8. The van der Waals surface area contributed by atoms with Gasteiger partial charge in [-0.25, -0.2) is 4.98 Å². The number of fused-ring (bicyclic) bond motifs is 1. The quantitative estimate of drug-likeness (QED) is 0.701. The van der Waals surface area contributed by atoms with Gasteiger partial charge in [-0.1, -0.05) is 24.3 Å². The Balaban J connectivity index is 1.34. The number of benzene rings is 2. The Labute approximate surface area is 161 Å². The average Bonchev–Trinajstić information content (AvgIpc) is 3.06. The van der Waals surface area contributed by atoms with Gasteiger partial charge in [0.25, 0.3) is 0 Å². The van der Waals surface area contributed by atoms with Crippen molar-refractivity contribution >= 4 is 44.9 Å². The van der Waals surface area contributed by atoms with Crippen LogP contribution < -0.4 is 10.6 Å². The molecule has 2 N–H and O–H groups in total. The van der Waals surface area contributed by atoms with Gasteiger partial charge < -0.3 is 10.6 Å². The number of thiazole rings is 1. The van der Waals surface area contributed by atoms with Gasteiger partial charge in [-0.15, -0.1) is 11.3 Å². The van der Waals surface area contributed by atoms with Crippen LogP contribution in [0.3, 0.4) is 0 Å². The SMILES string of the molecule is O=C(CC1CSCCN1)Nc1ccc(Cc2nc3ccccc3s2)cc1. The van der Waals surface area contributed by atoms with Crippen LogP contribution in [0.15, 0.2) is 48.5 Å². The van der Waals surface area contributed by atoms with E-state index in [4.69, 9.17) is 0 Å². The normalized spacial score (nSPS) is 17.3. The van der Waals surface area contributed by atoms with Crippen LogP contribution in [0.4, 0.5) is 5.69 Å². The predicted octanol–water partition coefficient (Wildman–Crippen LogP) is 3.92. The number of carbonyl (C=O) groups excluding carboxylic acids is 1. The molecule has 6 heteroatoms. The summed E-state index contributed by atoms with van der Waals surface area (Å²) in [6, 6.07) is 16.6. The molecule has 2 heterocycles. The van der Waals surface area contributed by atoms with Crippen molar-refractivity contribution in [3.63, 3.8) is 0 Å². The number of nitrogens with zero attached hydrogens (tertiary/aromatic N) is 1. The highest BCUT2D eigenvalue weighted by molar-refractivity contribution is 7.99. The van der Waals surface area contributed by atoms with Crippen molar-refractivity contribution < 1.29 is 4.79 Å². The summed E-state index contributed by atoms with van der Waals surface area (Å²) < 4.78 is 1.22. The number of para-hydroxylation sites is 1. The Morgan fingerprint density at radius 1 is 1.19 bits per heavy atom. The molecule has 1 fully saturated rings. The van der Waals surface area contributed by atoms with Crippen molar-refractivity contribution in [3.8, 4) is 0 Å². The van der Waals surface area contributed by atoms with Gasteiger partial charge in [0, 0.05) is 42.6 Å². The minimum absolute atomic E-state index is 0.0731. The van der Waals surface area contributed by atoms with Crippen molar-refractivity contribution in [2.45, 2.75) is 18.9 Å². The summed E-state index contributed by atoms with van der Waals surface area (Å²) in [5, 5.41) is 7.51. The molecule has 0 bridgehead atoms. The zero-order valence-electron chi connectivity index (χ0n) is 14.4. The number of amides is 1. The highest BCUT2D eigenvalue weighted by Crippen LogP contribution is 2.24. The molecule has 1 aromatic heterocycles. The largest absolute Gasteiger partial charge is 0.326 e. The zero-order valence-corrected chi connectivity index (χ0v) is 16.0. The third kappa shape index (κ3) is 4.44. The lowest BCUT2D eigenvalue weighted by Gasteiger charge is -2.22. The Hall–Kier alpha value is -1.89. The Morgan fingerprint density at radius 3 is 2.81 bits per heavy atom. The Kier molecular flexibility index (Phi) is 5.53. The van der Waals surface area contributed by atoms with E-state index in [-0.39, 0.29) is 11.9 Å². The molecule has 134 valence electrons. The van der Waals surface area contributed by atoms with Crippen molar-refractivity contribution in [1.29, 1.82) is 0 Å². The van der Waals surface area contributed by atoms with Crippen LogP contribution in [0.25, 0.3) is 10.2 Å². The van der Waals surface area contributed by atoms with E-state index in [1.165, 1.54) is 10.3 Å². The molecular formula is C20H21N3OS2. The van der Waals surface area contributed by atoms with Gasteiger partial charge in [-0.05, 0) is 29.8 Å². The van der Waals surface area contributed by atoms with Crippen molar-refractivity contribution in [1.82, 2.24) is 10.3 Å². The standard InChI is InChI=1S/C20H21N3OS2/c24-19(12-16-13-25-10-9-21-16)22-15-7-5-14(6-8-15)11-20-23-17-3-1-2-4-18(17)26-20/h1-8,16,21H,9-13H2,(H,22,24). The van der Waals surface area contributed by atoms with Gasteiger partial charge in [0.15, 0.2) is 0 Å². The molecule has 1 amide bonds. The van der Waals surface area contributed by atoms with E-state index in [9.17, 15) is 4.79 Å². The molecule has 1 unspecified atom stereocenters. The van der Waals surface area contributed by atoms with Gasteiger partial charge in [0.1, 0.15) is 0 Å². The first-order valence-electron chi connectivity index (χ1n) is 8.81.